The number of morpholine rings is 1. The van der Waals surface area contributed by atoms with Gasteiger partial charge in [0.1, 0.15) is 0 Å². The van der Waals surface area contributed by atoms with Gasteiger partial charge in [0.05, 0.1) is 13.2 Å². The highest BCUT2D eigenvalue weighted by Crippen LogP contribution is 2.09. The van der Waals surface area contributed by atoms with E-state index in [4.69, 9.17) is 4.74 Å². The second-order valence-corrected chi connectivity index (χ2v) is 6.06. The third-order valence-corrected chi connectivity index (χ3v) is 3.76. The van der Waals surface area contributed by atoms with Crippen LogP contribution in [0.3, 0.4) is 0 Å². The molecule has 0 radical (unpaired) electrons. The van der Waals surface area contributed by atoms with Crippen LogP contribution in [0.1, 0.15) is 31.4 Å². The molecule has 0 amide bonds. The van der Waals surface area contributed by atoms with Gasteiger partial charge in [-0.15, -0.1) is 0 Å². The predicted octanol–water partition coefficient (Wildman–Crippen LogP) is 2.65. The number of nitrogens with zero attached hydrogens (tertiary/aromatic N) is 1. The second-order valence-electron chi connectivity index (χ2n) is 6.06. The van der Waals surface area contributed by atoms with E-state index in [2.05, 4.69) is 48.3 Å². The van der Waals surface area contributed by atoms with Crippen LogP contribution in [0.15, 0.2) is 24.3 Å². The van der Waals surface area contributed by atoms with Crippen LogP contribution in [0.5, 0.6) is 0 Å². The van der Waals surface area contributed by atoms with Crippen molar-refractivity contribution in [2.45, 2.75) is 33.4 Å². The Bertz CT molecular complexity index is 369. The van der Waals surface area contributed by atoms with Gasteiger partial charge in [-0.1, -0.05) is 38.1 Å². The molecule has 1 N–H and O–H groups in total. The molecular formula is C17H28N2O. The van der Waals surface area contributed by atoms with E-state index in [1.165, 1.54) is 17.5 Å². The van der Waals surface area contributed by atoms with E-state index >= 15 is 0 Å². The molecule has 112 valence electrons. The Morgan fingerprint density at radius 2 is 1.75 bits per heavy atom. The average Bonchev–Trinajstić information content (AvgIpc) is 2.46. The standard InChI is InChI=1S/C17H28N2O/c1-15(2)7-8-18-13-16-3-5-17(6-4-16)14-19-9-11-20-12-10-19/h3-6,15,18H,7-14H2,1-2H3. The molecule has 0 unspecified atom stereocenters. The lowest BCUT2D eigenvalue weighted by Gasteiger charge is -2.26. The van der Waals surface area contributed by atoms with Crippen molar-refractivity contribution in [3.63, 3.8) is 0 Å². The van der Waals surface area contributed by atoms with Crippen LogP contribution in [-0.2, 0) is 17.8 Å². The smallest absolute Gasteiger partial charge is 0.0594 e. The molecule has 3 heteroatoms. The molecule has 1 aromatic rings. The van der Waals surface area contributed by atoms with Gasteiger partial charge in [-0.3, -0.25) is 4.90 Å². The van der Waals surface area contributed by atoms with Crippen LogP contribution in [0.25, 0.3) is 0 Å². The summed E-state index contributed by atoms with van der Waals surface area (Å²) in [6, 6.07) is 9.01. The van der Waals surface area contributed by atoms with Gasteiger partial charge in [0, 0.05) is 26.2 Å². The van der Waals surface area contributed by atoms with Crippen LogP contribution in [0.4, 0.5) is 0 Å². The Morgan fingerprint density at radius 1 is 1.10 bits per heavy atom. The third-order valence-electron chi connectivity index (χ3n) is 3.76. The fourth-order valence-electron chi connectivity index (χ4n) is 2.40. The van der Waals surface area contributed by atoms with Crippen LogP contribution < -0.4 is 5.32 Å². The summed E-state index contributed by atoms with van der Waals surface area (Å²) in [6.45, 7) is 11.5. The lowest BCUT2D eigenvalue weighted by Crippen LogP contribution is -2.35. The van der Waals surface area contributed by atoms with E-state index in [0.717, 1.165) is 51.9 Å². The monoisotopic (exact) mass is 276 g/mol. The molecule has 1 aromatic carbocycles. The minimum absolute atomic E-state index is 0.776. The second kappa shape index (κ2) is 8.40. The lowest BCUT2D eigenvalue weighted by molar-refractivity contribution is 0.0342. The number of hydrogen-bond donors (Lipinski definition) is 1. The molecule has 2 rings (SSSR count). The zero-order valence-electron chi connectivity index (χ0n) is 12.9. The van der Waals surface area contributed by atoms with Crippen molar-refractivity contribution in [1.82, 2.24) is 10.2 Å². The van der Waals surface area contributed by atoms with Gasteiger partial charge < -0.3 is 10.1 Å². The fourth-order valence-corrected chi connectivity index (χ4v) is 2.40. The lowest BCUT2D eigenvalue weighted by atomic mass is 10.1. The van der Waals surface area contributed by atoms with Crippen molar-refractivity contribution in [3.8, 4) is 0 Å². The van der Waals surface area contributed by atoms with E-state index in [1.807, 2.05) is 0 Å². The summed E-state index contributed by atoms with van der Waals surface area (Å²) in [5.74, 6) is 0.776. The number of rotatable bonds is 7. The van der Waals surface area contributed by atoms with Gasteiger partial charge in [-0.25, -0.2) is 0 Å². The highest BCUT2D eigenvalue weighted by molar-refractivity contribution is 5.22. The molecule has 1 aliphatic heterocycles. The summed E-state index contributed by atoms with van der Waals surface area (Å²) in [5, 5.41) is 3.51. The van der Waals surface area contributed by atoms with Crippen LogP contribution in [0, 0.1) is 5.92 Å². The average molecular weight is 276 g/mol. The van der Waals surface area contributed by atoms with E-state index < -0.39 is 0 Å². The van der Waals surface area contributed by atoms with Crippen LogP contribution >= 0.6 is 0 Å². The molecule has 0 aromatic heterocycles. The van der Waals surface area contributed by atoms with Crippen molar-refractivity contribution in [2.75, 3.05) is 32.8 Å². The molecule has 0 spiro atoms. The van der Waals surface area contributed by atoms with E-state index in [0.29, 0.717) is 0 Å². The normalized spacial score (nSPS) is 16.8. The zero-order chi connectivity index (χ0) is 14.2. The first kappa shape index (κ1) is 15.5. The maximum absolute atomic E-state index is 5.38. The number of ether oxygens (including phenoxy) is 1. The van der Waals surface area contributed by atoms with Gasteiger partial charge in [0.2, 0.25) is 0 Å². The molecule has 3 nitrogen and oxygen atoms in total. The SMILES string of the molecule is CC(C)CCNCc1ccc(CN2CCOCC2)cc1. The van der Waals surface area contributed by atoms with Crippen LogP contribution in [-0.4, -0.2) is 37.7 Å². The van der Waals surface area contributed by atoms with Gasteiger partial charge in [0.15, 0.2) is 0 Å². The van der Waals surface area contributed by atoms with Crippen molar-refractivity contribution in [2.24, 2.45) is 5.92 Å². The minimum Gasteiger partial charge on any atom is -0.379 e. The molecule has 20 heavy (non-hydrogen) atoms. The molecular weight excluding hydrogens is 248 g/mol. The van der Waals surface area contributed by atoms with Crippen molar-refractivity contribution >= 4 is 0 Å². The summed E-state index contributed by atoms with van der Waals surface area (Å²) in [6.07, 6.45) is 1.25. The molecule has 0 saturated carbocycles. The zero-order valence-corrected chi connectivity index (χ0v) is 12.9. The summed E-state index contributed by atoms with van der Waals surface area (Å²) in [7, 11) is 0. The molecule has 1 saturated heterocycles. The molecule has 0 bridgehead atoms. The summed E-state index contributed by atoms with van der Waals surface area (Å²) in [4.78, 5) is 2.46. The first-order chi connectivity index (χ1) is 9.74. The Hall–Kier alpha value is -0.900. The molecule has 0 aliphatic carbocycles. The van der Waals surface area contributed by atoms with Crippen LogP contribution in [0.2, 0.25) is 0 Å². The summed E-state index contributed by atoms with van der Waals surface area (Å²) in [5.41, 5.74) is 2.78. The first-order valence-electron chi connectivity index (χ1n) is 7.82. The van der Waals surface area contributed by atoms with E-state index in [9.17, 15) is 0 Å². The largest absolute Gasteiger partial charge is 0.379 e. The number of nitrogens with one attached hydrogen (secondary N) is 1. The third kappa shape index (κ3) is 5.61. The van der Waals surface area contributed by atoms with Crippen molar-refractivity contribution < 1.29 is 4.74 Å². The molecule has 1 fully saturated rings. The number of hydrogen-bond acceptors (Lipinski definition) is 3. The summed E-state index contributed by atoms with van der Waals surface area (Å²) >= 11 is 0. The highest BCUT2D eigenvalue weighted by atomic mass is 16.5. The Balaban J connectivity index is 1.71. The Kier molecular flexibility index (Phi) is 6.51. The maximum Gasteiger partial charge on any atom is 0.0594 e. The molecule has 0 atom stereocenters. The first-order valence-corrected chi connectivity index (χ1v) is 7.82. The Labute approximate surface area is 123 Å². The van der Waals surface area contributed by atoms with Gasteiger partial charge in [-0.2, -0.15) is 0 Å². The van der Waals surface area contributed by atoms with E-state index in [1.54, 1.807) is 0 Å². The van der Waals surface area contributed by atoms with Gasteiger partial charge >= 0.3 is 0 Å². The highest BCUT2D eigenvalue weighted by Gasteiger charge is 2.10. The van der Waals surface area contributed by atoms with Crippen molar-refractivity contribution in [1.29, 1.82) is 0 Å². The van der Waals surface area contributed by atoms with Crippen molar-refractivity contribution in [3.05, 3.63) is 35.4 Å². The molecule has 1 aliphatic rings. The topological polar surface area (TPSA) is 24.5 Å². The quantitative estimate of drug-likeness (QED) is 0.775. The fraction of sp³-hybridized carbons (Fsp3) is 0.647. The maximum atomic E-state index is 5.38. The summed E-state index contributed by atoms with van der Waals surface area (Å²) < 4.78 is 5.38. The van der Waals surface area contributed by atoms with Gasteiger partial charge in [0.25, 0.3) is 0 Å². The number of benzene rings is 1. The van der Waals surface area contributed by atoms with Gasteiger partial charge in [-0.05, 0) is 30.0 Å². The Morgan fingerprint density at radius 3 is 2.40 bits per heavy atom. The molecule has 1 heterocycles. The predicted molar refractivity (Wildman–Crippen MR) is 83.7 cm³/mol. The minimum atomic E-state index is 0.776. The van der Waals surface area contributed by atoms with E-state index in [-0.39, 0.29) is 0 Å².